The molecule has 0 aromatic carbocycles. The molecule has 0 radical (unpaired) electrons. The molecular weight excluding hydrogens is 426 g/mol. The van der Waals surface area contributed by atoms with Crippen LogP contribution in [0.2, 0.25) is 0 Å². The zero-order valence-corrected chi connectivity index (χ0v) is 19.9. The Kier molecular flexibility index (Phi) is 7.34. The van der Waals surface area contributed by atoms with Crippen LogP contribution in [0.25, 0.3) is 0 Å². The first kappa shape index (κ1) is 25.0. The van der Waals surface area contributed by atoms with E-state index >= 15 is 0 Å². The maximum absolute atomic E-state index is 13.2. The molecule has 1 saturated heterocycles. The minimum atomic E-state index is -1.08. The standard InChI is InChI=1S/C20H31N3O7S/c1-10(24)13(16-21-12(9-31-16)17(26)28-8)22-15(25)14-11(2)29-20(6,7)23(14)18(27)30-19(3,4)5/h9-11,13-14,24H,1-8H3,(H,22,25)/t10-,11-,13+,14+/m1/s1. The van der Waals surface area contributed by atoms with Gasteiger partial charge in [0.1, 0.15) is 28.4 Å². The number of methoxy groups -OCH3 is 1. The van der Waals surface area contributed by atoms with Gasteiger partial charge in [0.25, 0.3) is 0 Å². The van der Waals surface area contributed by atoms with Crippen LogP contribution in [0.15, 0.2) is 5.38 Å². The minimum Gasteiger partial charge on any atom is -0.464 e. The first-order valence-corrected chi connectivity index (χ1v) is 10.8. The lowest BCUT2D eigenvalue weighted by atomic mass is 10.1. The van der Waals surface area contributed by atoms with Crippen LogP contribution in [-0.4, -0.2) is 69.6 Å². The molecule has 0 bridgehead atoms. The van der Waals surface area contributed by atoms with E-state index in [4.69, 9.17) is 9.47 Å². The summed E-state index contributed by atoms with van der Waals surface area (Å²) in [5.74, 6) is -1.15. The van der Waals surface area contributed by atoms with Crippen LogP contribution in [0.1, 0.15) is 70.0 Å². The SMILES string of the molecule is COC(=O)c1csc([C@@H](NC(=O)[C@@H]2[C@@H](C)OC(C)(C)N2C(=O)OC(C)(C)C)[C@@H](C)O)n1. The van der Waals surface area contributed by atoms with Crippen molar-refractivity contribution in [2.75, 3.05) is 7.11 Å². The second-order valence-electron chi connectivity index (χ2n) is 8.85. The van der Waals surface area contributed by atoms with Gasteiger partial charge in [0.2, 0.25) is 5.91 Å². The third-order valence-corrected chi connectivity index (χ3v) is 5.53. The van der Waals surface area contributed by atoms with Crippen LogP contribution in [0.3, 0.4) is 0 Å². The summed E-state index contributed by atoms with van der Waals surface area (Å²) in [4.78, 5) is 43.2. The first-order chi connectivity index (χ1) is 14.2. The lowest BCUT2D eigenvalue weighted by Crippen LogP contribution is -2.56. The molecule has 1 aromatic heterocycles. The number of aliphatic hydroxyl groups excluding tert-OH is 1. The molecule has 2 N–H and O–H groups in total. The summed E-state index contributed by atoms with van der Waals surface area (Å²) in [7, 11) is 1.24. The van der Waals surface area contributed by atoms with Crippen molar-refractivity contribution in [1.82, 2.24) is 15.2 Å². The van der Waals surface area contributed by atoms with Crippen LogP contribution in [0.4, 0.5) is 4.79 Å². The quantitative estimate of drug-likeness (QED) is 0.645. The molecule has 1 fully saturated rings. The fourth-order valence-electron chi connectivity index (χ4n) is 3.35. The number of amides is 2. The summed E-state index contributed by atoms with van der Waals surface area (Å²) >= 11 is 1.11. The van der Waals surface area contributed by atoms with Gasteiger partial charge in [-0.25, -0.2) is 14.6 Å². The van der Waals surface area contributed by atoms with Gasteiger partial charge < -0.3 is 24.6 Å². The maximum atomic E-state index is 13.2. The van der Waals surface area contributed by atoms with E-state index in [2.05, 4.69) is 15.0 Å². The Morgan fingerprint density at radius 3 is 2.48 bits per heavy atom. The molecule has 174 valence electrons. The largest absolute Gasteiger partial charge is 0.464 e. The number of rotatable bonds is 5. The van der Waals surface area contributed by atoms with Gasteiger partial charge >= 0.3 is 12.1 Å². The van der Waals surface area contributed by atoms with Gasteiger partial charge in [-0.2, -0.15) is 0 Å². The number of carbonyl (C=O) groups excluding carboxylic acids is 3. The zero-order valence-electron chi connectivity index (χ0n) is 19.1. The van der Waals surface area contributed by atoms with E-state index in [1.165, 1.54) is 24.3 Å². The second-order valence-corrected chi connectivity index (χ2v) is 9.74. The fraction of sp³-hybridized carbons (Fsp3) is 0.700. The fourth-order valence-corrected chi connectivity index (χ4v) is 4.29. The number of thiazole rings is 1. The summed E-state index contributed by atoms with van der Waals surface area (Å²) in [5, 5.41) is 14.8. The molecule has 0 saturated carbocycles. The molecule has 1 aliphatic heterocycles. The monoisotopic (exact) mass is 457 g/mol. The molecule has 0 aliphatic carbocycles. The van der Waals surface area contributed by atoms with Crippen molar-refractivity contribution in [2.24, 2.45) is 0 Å². The highest BCUT2D eigenvalue weighted by molar-refractivity contribution is 7.09. The van der Waals surface area contributed by atoms with Gasteiger partial charge in [0.05, 0.1) is 19.3 Å². The minimum absolute atomic E-state index is 0.0801. The normalized spacial score (nSPS) is 22.5. The van der Waals surface area contributed by atoms with Crippen molar-refractivity contribution >= 4 is 29.3 Å². The van der Waals surface area contributed by atoms with E-state index < -0.39 is 53.6 Å². The number of esters is 1. The Hall–Kier alpha value is -2.24. The number of nitrogens with one attached hydrogen (secondary N) is 1. The van der Waals surface area contributed by atoms with Gasteiger partial charge in [-0.3, -0.25) is 9.69 Å². The molecule has 10 nitrogen and oxygen atoms in total. The third kappa shape index (κ3) is 5.72. The Labute approximate surface area is 185 Å². The Morgan fingerprint density at radius 2 is 1.97 bits per heavy atom. The van der Waals surface area contributed by atoms with E-state index in [9.17, 15) is 19.5 Å². The average Bonchev–Trinajstić information content (AvgIpc) is 3.18. The topological polar surface area (TPSA) is 127 Å². The third-order valence-electron chi connectivity index (χ3n) is 4.60. The van der Waals surface area contributed by atoms with Crippen LogP contribution in [0.5, 0.6) is 0 Å². The van der Waals surface area contributed by atoms with E-state index in [-0.39, 0.29) is 5.69 Å². The summed E-state index contributed by atoms with van der Waals surface area (Å²) in [6, 6.07) is -1.89. The van der Waals surface area contributed by atoms with Crippen molar-refractivity contribution in [2.45, 2.75) is 84.1 Å². The number of hydrogen-bond acceptors (Lipinski definition) is 9. The van der Waals surface area contributed by atoms with Crippen molar-refractivity contribution in [3.05, 3.63) is 16.1 Å². The van der Waals surface area contributed by atoms with Crippen LogP contribution in [-0.2, 0) is 19.0 Å². The van der Waals surface area contributed by atoms with E-state index in [0.29, 0.717) is 5.01 Å². The van der Waals surface area contributed by atoms with E-state index in [1.807, 2.05) is 0 Å². The molecular formula is C20H31N3O7S. The molecule has 4 atom stereocenters. The number of aliphatic hydroxyl groups is 1. The molecule has 1 aliphatic rings. The van der Waals surface area contributed by atoms with Crippen LogP contribution < -0.4 is 5.32 Å². The van der Waals surface area contributed by atoms with Gasteiger partial charge in [-0.05, 0) is 48.5 Å². The lowest BCUT2D eigenvalue weighted by molar-refractivity contribution is -0.128. The molecule has 0 spiro atoms. The van der Waals surface area contributed by atoms with Gasteiger partial charge in [-0.1, -0.05) is 0 Å². The highest BCUT2D eigenvalue weighted by Gasteiger charge is 2.53. The van der Waals surface area contributed by atoms with Crippen LogP contribution in [0, 0.1) is 0 Å². The highest BCUT2D eigenvalue weighted by Crippen LogP contribution is 2.34. The number of ether oxygens (including phenoxy) is 3. The molecule has 0 unspecified atom stereocenters. The Bertz CT molecular complexity index is 831. The molecule has 2 heterocycles. The second kappa shape index (κ2) is 9.09. The summed E-state index contributed by atoms with van der Waals surface area (Å²) in [5.41, 5.74) is -1.76. The average molecular weight is 458 g/mol. The van der Waals surface area contributed by atoms with Crippen molar-refractivity contribution < 1.29 is 33.7 Å². The molecule has 2 rings (SSSR count). The summed E-state index contributed by atoms with van der Waals surface area (Å²) in [6.07, 6.45) is -2.32. The number of carbonyl (C=O) groups is 3. The first-order valence-electron chi connectivity index (χ1n) is 9.90. The van der Waals surface area contributed by atoms with E-state index in [0.717, 1.165) is 11.3 Å². The maximum Gasteiger partial charge on any atom is 0.413 e. The Balaban J connectivity index is 2.29. The lowest BCUT2D eigenvalue weighted by Gasteiger charge is -2.35. The number of nitrogens with zero attached hydrogens (tertiary/aromatic N) is 2. The molecule has 11 heteroatoms. The van der Waals surface area contributed by atoms with Crippen LogP contribution >= 0.6 is 11.3 Å². The molecule has 2 amide bonds. The number of hydrogen-bond donors (Lipinski definition) is 2. The highest BCUT2D eigenvalue weighted by atomic mass is 32.1. The van der Waals surface area contributed by atoms with Gasteiger partial charge in [0, 0.05) is 5.38 Å². The van der Waals surface area contributed by atoms with Crippen molar-refractivity contribution in [3.63, 3.8) is 0 Å². The molecule has 1 aromatic rings. The van der Waals surface area contributed by atoms with Crippen molar-refractivity contribution in [3.8, 4) is 0 Å². The zero-order chi connectivity index (χ0) is 23.7. The smallest absolute Gasteiger partial charge is 0.413 e. The Morgan fingerprint density at radius 1 is 1.35 bits per heavy atom. The molecule has 31 heavy (non-hydrogen) atoms. The predicted octanol–water partition coefficient (Wildman–Crippen LogP) is 2.23. The predicted molar refractivity (Wildman–Crippen MR) is 113 cm³/mol. The van der Waals surface area contributed by atoms with Crippen molar-refractivity contribution in [1.29, 1.82) is 0 Å². The van der Waals surface area contributed by atoms with Gasteiger partial charge in [0.15, 0.2) is 5.69 Å². The van der Waals surface area contributed by atoms with Gasteiger partial charge in [-0.15, -0.1) is 11.3 Å². The summed E-state index contributed by atoms with van der Waals surface area (Å²) < 4.78 is 16.0. The van der Waals surface area contributed by atoms with E-state index in [1.54, 1.807) is 41.5 Å². The number of aromatic nitrogens is 1. The summed E-state index contributed by atoms with van der Waals surface area (Å²) in [6.45, 7) is 11.7.